The van der Waals surface area contributed by atoms with Crippen LogP contribution in [0.25, 0.3) is 0 Å². The number of rotatable bonds is 9. The highest BCUT2D eigenvalue weighted by molar-refractivity contribution is 5.43. The summed E-state index contributed by atoms with van der Waals surface area (Å²) in [5, 5.41) is 11.5. The lowest BCUT2D eigenvalue weighted by molar-refractivity contribution is -0.124. The van der Waals surface area contributed by atoms with Crippen LogP contribution in [0.3, 0.4) is 0 Å². The first-order valence-electron chi connectivity index (χ1n) is 7.68. The highest BCUT2D eigenvalue weighted by Gasteiger charge is 2.26. The monoisotopic (exact) mass is 328 g/mol. The molecule has 0 heterocycles. The minimum atomic E-state index is -4.20. The lowest BCUT2D eigenvalue weighted by Crippen LogP contribution is -2.30. The Kier molecular flexibility index (Phi) is 8.07. The van der Waals surface area contributed by atoms with Gasteiger partial charge in [0, 0.05) is 7.11 Å². The topological polar surface area (TPSA) is 45.0 Å². The van der Waals surface area contributed by atoms with Gasteiger partial charge in [0.25, 0.3) is 0 Å². The second-order valence-corrected chi connectivity index (χ2v) is 5.40. The van der Waals surface area contributed by atoms with Gasteiger partial charge in [0.05, 0.1) is 25.6 Å². The number of methoxy groups -OCH3 is 1. The van der Waals surface area contributed by atoms with Crippen LogP contribution in [-0.2, 0) is 30.6 Å². The minimum absolute atomic E-state index is 0.231. The zero-order valence-corrected chi connectivity index (χ0v) is 13.6. The molecule has 0 atom stereocenters. The van der Waals surface area contributed by atoms with Gasteiger partial charge >= 0.3 is 6.18 Å². The smallest absolute Gasteiger partial charge is 0.380 e. The fourth-order valence-corrected chi connectivity index (χ4v) is 2.60. The molecule has 3 nitrogen and oxygen atoms in total. The Morgan fingerprint density at radius 3 is 2.35 bits per heavy atom. The highest BCUT2D eigenvalue weighted by atomic mass is 19.4. The Balaban J connectivity index is 2.93. The molecule has 128 valence electrons. The number of nitriles is 1. The van der Waals surface area contributed by atoms with Crippen molar-refractivity contribution in [3.05, 3.63) is 34.4 Å². The molecule has 0 amide bonds. The third-order valence-corrected chi connectivity index (χ3v) is 3.59. The van der Waals surface area contributed by atoms with Gasteiger partial charge in [0.1, 0.15) is 0 Å². The molecule has 0 radical (unpaired) electrons. The van der Waals surface area contributed by atoms with Crippen molar-refractivity contribution in [3.8, 4) is 6.07 Å². The van der Waals surface area contributed by atoms with E-state index in [-0.39, 0.29) is 13.0 Å². The maximum Gasteiger partial charge on any atom is 0.401 e. The molecule has 1 aromatic carbocycles. The zero-order valence-electron chi connectivity index (χ0n) is 13.6. The standard InChI is InChI=1S/C17H23F3N2O/c1-3-4-13-5-6-14(8-10-22-12-17(18,19)20)16(11-23-2)15(13)7-9-21/h5-6,22H,3-4,7-8,10-12H2,1-2H3. The summed E-state index contributed by atoms with van der Waals surface area (Å²) in [7, 11) is 1.58. The molecular formula is C17H23F3N2O. The van der Waals surface area contributed by atoms with Crippen molar-refractivity contribution in [1.29, 1.82) is 5.26 Å². The molecule has 0 saturated heterocycles. The van der Waals surface area contributed by atoms with Crippen molar-refractivity contribution in [3.63, 3.8) is 0 Å². The molecule has 0 aliphatic rings. The van der Waals surface area contributed by atoms with Crippen molar-refractivity contribution in [2.75, 3.05) is 20.2 Å². The summed E-state index contributed by atoms with van der Waals surface area (Å²) in [6.45, 7) is 1.67. The van der Waals surface area contributed by atoms with E-state index in [2.05, 4.69) is 18.3 Å². The SMILES string of the molecule is CCCc1ccc(CCNCC(F)(F)F)c(COC)c1CC#N. The normalized spacial score (nSPS) is 11.5. The van der Waals surface area contributed by atoms with Crippen LogP contribution in [0, 0.1) is 11.3 Å². The van der Waals surface area contributed by atoms with Crippen molar-refractivity contribution in [1.82, 2.24) is 5.32 Å². The molecule has 0 aliphatic heterocycles. The molecular weight excluding hydrogens is 305 g/mol. The largest absolute Gasteiger partial charge is 0.401 e. The van der Waals surface area contributed by atoms with Crippen LogP contribution in [-0.4, -0.2) is 26.4 Å². The number of nitrogens with zero attached hydrogens (tertiary/aromatic N) is 1. The van der Waals surface area contributed by atoms with Gasteiger partial charge in [-0.15, -0.1) is 0 Å². The Morgan fingerprint density at radius 2 is 1.83 bits per heavy atom. The predicted molar refractivity (Wildman–Crippen MR) is 83.1 cm³/mol. The number of ether oxygens (including phenoxy) is 1. The van der Waals surface area contributed by atoms with Gasteiger partial charge in [-0.05, 0) is 41.6 Å². The van der Waals surface area contributed by atoms with Crippen LogP contribution in [0.2, 0.25) is 0 Å². The number of alkyl halides is 3. The molecule has 6 heteroatoms. The second kappa shape index (κ2) is 9.53. The Labute approximate surface area is 135 Å². The van der Waals surface area contributed by atoms with Crippen molar-refractivity contribution in [2.45, 2.75) is 45.4 Å². The minimum Gasteiger partial charge on any atom is -0.380 e. The Morgan fingerprint density at radius 1 is 1.17 bits per heavy atom. The number of halogens is 3. The number of nitrogens with one attached hydrogen (secondary N) is 1. The van der Waals surface area contributed by atoms with Crippen molar-refractivity contribution < 1.29 is 17.9 Å². The van der Waals surface area contributed by atoms with Crippen molar-refractivity contribution in [2.24, 2.45) is 0 Å². The van der Waals surface area contributed by atoms with E-state index in [1.54, 1.807) is 7.11 Å². The first kappa shape index (κ1) is 19.5. The van der Waals surface area contributed by atoms with E-state index in [4.69, 9.17) is 10.00 Å². The van der Waals surface area contributed by atoms with Crippen molar-refractivity contribution >= 4 is 0 Å². The molecule has 0 fully saturated rings. The first-order valence-corrected chi connectivity index (χ1v) is 7.68. The summed E-state index contributed by atoms with van der Waals surface area (Å²) < 4.78 is 41.7. The molecule has 0 saturated carbocycles. The number of benzene rings is 1. The number of hydrogen-bond donors (Lipinski definition) is 1. The maximum absolute atomic E-state index is 12.2. The van der Waals surface area contributed by atoms with E-state index in [1.165, 1.54) is 0 Å². The number of aryl methyl sites for hydroxylation is 1. The molecule has 0 unspecified atom stereocenters. The van der Waals surface area contributed by atoms with E-state index in [9.17, 15) is 13.2 Å². The molecule has 0 aliphatic carbocycles. The average Bonchev–Trinajstić information content (AvgIpc) is 2.48. The quantitative estimate of drug-likeness (QED) is 0.705. The summed E-state index contributed by atoms with van der Waals surface area (Å²) in [5.41, 5.74) is 3.96. The zero-order chi connectivity index (χ0) is 17.3. The van der Waals surface area contributed by atoms with E-state index < -0.39 is 12.7 Å². The summed E-state index contributed by atoms with van der Waals surface area (Å²) in [6.07, 6.45) is -1.60. The molecule has 1 aromatic rings. The predicted octanol–water partition coefficient (Wildman–Crippen LogP) is 3.55. The highest BCUT2D eigenvalue weighted by Crippen LogP contribution is 2.23. The van der Waals surface area contributed by atoms with Crippen LogP contribution in [0.1, 0.15) is 35.6 Å². The Hall–Kier alpha value is -1.58. The van der Waals surface area contributed by atoms with Gasteiger partial charge < -0.3 is 10.1 Å². The second-order valence-electron chi connectivity index (χ2n) is 5.40. The van der Waals surface area contributed by atoms with E-state index in [1.807, 2.05) is 12.1 Å². The molecule has 0 bridgehead atoms. The molecule has 1 N–H and O–H groups in total. The molecule has 0 spiro atoms. The van der Waals surface area contributed by atoms with Gasteiger partial charge in [0.15, 0.2) is 0 Å². The summed E-state index contributed by atoms with van der Waals surface area (Å²) >= 11 is 0. The lowest BCUT2D eigenvalue weighted by atomic mass is 9.91. The fourth-order valence-electron chi connectivity index (χ4n) is 2.60. The fraction of sp³-hybridized carbons (Fsp3) is 0.588. The van der Waals surface area contributed by atoms with Crippen LogP contribution >= 0.6 is 0 Å². The summed E-state index contributed by atoms with van der Waals surface area (Å²) in [6, 6.07) is 6.10. The van der Waals surface area contributed by atoms with Crippen LogP contribution in [0.5, 0.6) is 0 Å². The van der Waals surface area contributed by atoms with Gasteiger partial charge in [-0.3, -0.25) is 0 Å². The molecule has 0 aromatic heterocycles. The number of hydrogen-bond acceptors (Lipinski definition) is 3. The average molecular weight is 328 g/mol. The molecule has 1 rings (SSSR count). The third kappa shape index (κ3) is 6.59. The third-order valence-electron chi connectivity index (χ3n) is 3.59. The summed E-state index contributed by atoms with van der Waals surface area (Å²) in [4.78, 5) is 0. The van der Waals surface area contributed by atoms with Gasteiger partial charge in [0.2, 0.25) is 0 Å². The lowest BCUT2D eigenvalue weighted by Gasteiger charge is -2.17. The maximum atomic E-state index is 12.2. The molecule has 23 heavy (non-hydrogen) atoms. The van der Waals surface area contributed by atoms with Crippen LogP contribution < -0.4 is 5.32 Å². The van der Waals surface area contributed by atoms with E-state index in [0.717, 1.165) is 35.1 Å². The van der Waals surface area contributed by atoms with E-state index in [0.29, 0.717) is 13.0 Å². The van der Waals surface area contributed by atoms with Gasteiger partial charge in [-0.1, -0.05) is 25.5 Å². The Bertz CT molecular complexity index is 536. The van der Waals surface area contributed by atoms with Gasteiger partial charge in [-0.2, -0.15) is 18.4 Å². The van der Waals surface area contributed by atoms with Crippen LogP contribution in [0.4, 0.5) is 13.2 Å². The van der Waals surface area contributed by atoms with Crippen LogP contribution in [0.15, 0.2) is 12.1 Å². The first-order chi connectivity index (χ1) is 10.9. The van der Waals surface area contributed by atoms with E-state index >= 15 is 0 Å². The summed E-state index contributed by atoms with van der Waals surface area (Å²) in [5.74, 6) is 0. The van der Waals surface area contributed by atoms with Gasteiger partial charge in [-0.25, -0.2) is 0 Å².